The molecule has 4 N–H and O–H groups in total. The van der Waals surface area contributed by atoms with E-state index in [-0.39, 0.29) is 19.3 Å². The molecule has 0 aromatic carbocycles. The maximum absolute atomic E-state index is 12.9. The molecule has 570 valence electrons. The molecule has 99 heavy (non-hydrogen) atoms. The van der Waals surface area contributed by atoms with Gasteiger partial charge in [-0.1, -0.05) is 316 Å². The molecule has 16 nitrogen and oxygen atoms in total. The van der Waals surface area contributed by atoms with E-state index in [1.54, 1.807) is 0 Å². The normalized spacial score (nSPS) is 14.7. The maximum Gasteiger partial charge on any atom is 0.472 e. The van der Waals surface area contributed by atoms with E-state index >= 15 is 0 Å². The lowest BCUT2D eigenvalue weighted by Crippen LogP contribution is -2.30. The van der Waals surface area contributed by atoms with Gasteiger partial charge in [-0.25, -0.2) is 9.13 Å². The number of hydrogen-bond donors (Lipinski definition) is 4. The van der Waals surface area contributed by atoms with Crippen molar-refractivity contribution in [3.8, 4) is 0 Å². The topological polar surface area (TPSA) is 231 Å². The second kappa shape index (κ2) is 73.7. The Hall–Kier alpha value is -4.05. The highest BCUT2D eigenvalue weighted by Crippen LogP contribution is 2.45. The molecule has 0 aromatic heterocycles. The van der Waals surface area contributed by atoms with Gasteiger partial charge in [0.2, 0.25) is 0 Å². The van der Waals surface area contributed by atoms with E-state index in [0.29, 0.717) is 25.7 Å². The van der Waals surface area contributed by atoms with Gasteiger partial charge in [-0.3, -0.25) is 32.5 Å². The van der Waals surface area contributed by atoms with Gasteiger partial charge in [-0.05, 0) is 103 Å². The third-order valence-electron chi connectivity index (χ3n) is 16.2. The summed E-state index contributed by atoms with van der Waals surface area (Å²) < 4.78 is 61.0. The quantitative estimate of drug-likeness (QED) is 0.0146. The fraction of sp³-hybridized carbons (Fsp3) is 0.716. The summed E-state index contributed by atoms with van der Waals surface area (Å²) in [6.07, 6.45) is 87.0. The van der Waals surface area contributed by atoms with Gasteiger partial charge in [0, 0.05) is 19.3 Å². The summed E-state index contributed by atoms with van der Waals surface area (Å²) in [5, 5.41) is 20.6. The average Bonchev–Trinajstić information content (AvgIpc) is 1.92. The Labute approximate surface area is 602 Å². The van der Waals surface area contributed by atoms with Crippen molar-refractivity contribution in [2.45, 2.75) is 334 Å². The van der Waals surface area contributed by atoms with Gasteiger partial charge in [-0.15, -0.1) is 0 Å². The lowest BCUT2D eigenvalue weighted by Gasteiger charge is -2.21. The van der Waals surface area contributed by atoms with Crippen molar-refractivity contribution in [3.05, 3.63) is 122 Å². The molecule has 0 fully saturated rings. The second-order valence-electron chi connectivity index (χ2n) is 25.8. The van der Waals surface area contributed by atoms with Gasteiger partial charge >= 0.3 is 33.6 Å². The predicted molar refractivity (Wildman–Crippen MR) is 408 cm³/mol. The highest BCUT2D eigenvalue weighted by atomic mass is 31.2. The third kappa shape index (κ3) is 74.9. The summed E-state index contributed by atoms with van der Waals surface area (Å²) in [7, 11) is -9.80. The van der Waals surface area contributed by atoms with Crippen molar-refractivity contribution in [2.24, 2.45) is 0 Å². The van der Waals surface area contributed by atoms with Crippen LogP contribution in [0, 0.1) is 0 Å². The zero-order chi connectivity index (χ0) is 72.3. The van der Waals surface area contributed by atoms with Crippen LogP contribution in [0.15, 0.2) is 122 Å². The number of hydrogen-bond acceptors (Lipinski definition) is 14. The second-order valence-corrected chi connectivity index (χ2v) is 28.7. The number of esters is 3. The molecule has 18 heteroatoms. The molecular weight excluding hydrogens is 1290 g/mol. The van der Waals surface area contributed by atoms with Crippen molar-refractivity contribution in [1.82, 2.24) is 0 Å². The molecule has 0 radical (unpaired) electrons. The lowest BCUT2D eigenvalue weighted by molar-refractivity contribution is -0.161. The lowest BCUT2D eigenvalue weighted by atomic mass is 10.0. The Balaban J connectivity index is 4.56. The van der Waals surface area contributed by atoms with Gasteiger partial charge in [0.25, 0.3) is 0 Å². The molecule has 0 bridgehead atoms. The van der Waals surface area contributed by atoms with E-state index in [9.17, 15) is 43.5 Å². The number of aliphatic hydroxyl groups is 2. The number of carbonyl (C=O) groups is 3. The largest absolute Gasteiger partial charge is 0.472 e. The molecule has 0 saturated heterocycles. The number of carbonyl (C=O) groups excluding carboxylic acids is 3. The minimum absolute atomic E-state index is 0.0452. The standard InChI is InChI=1S/C81H140O16P2/c1-4-7-10-13-16-19-22-25-28-30-32-33-34-35-36-37-38-39-40-41-43-45-47-49-52-55-58-61-64-67-79(84)91-70-76(82)71-93-98(87,88)94-72-77(83)73-95-99(89,90)96-75-78(97-81(86)69-66-63-60-57-54-51-46-27-24-21-18-15-12-9-6-3)74-92-80(85)68-65-62-59-56-53-50-48-44-42-31-29-26-23-20-17-14-11-8-5-2/h8,11,16-17,19-20,25-26,28-29,32-33,35-36,42,44,50,53,59,62,76-78,82-83H,4-7,9-10,12-15,18,21-24,27,30-31,34,37-41,43,45-49,51-52,54-58,60-61,63-75H2,1-3H3,(H,87,88)(H,89,90)/b11-8-,19-16-,20-17-,28-25-,29-26-,33-32-,36-35-,44-42-,53-50-,62-59-. The Morgan fingerprint density at radius 1 is 0.293 bits per heavy atom. The molecule has 0 aliphatic rings. The van der Waals surface area contributed by atoms with Crippen LogP contribution in [0.1, 0.15) is 316 Å². The molecule has 0 aliphatic carbocycles. The first-order chi connectivity index (χ1) is 48.2. The smallest absolute Gasteiger partial charge is 0.463 e. The first kappa shape index (κ1) is 94.9. The first-order valence-corrected chi connectivity index (χ1v) is 41.8. The van der Waals surface area contributed by atoms with Crippen LogP contribution in [-0.4, -0.2) is 95.9 Å². The summed E-state index contributed by atoms with van der Waals surface area (Å²) in [4.78, 5) is 58.5. The molecule has 5 atom stereocenters. The molecule has 0 amide bonds. The molecule has 0 spiro atoms. The van der Waals surface area contributed by atoms with Crippen LogP contribution in [0.25, 0.3) is 0 Å². The van der Waals surface area contributed by atoms with Gasteiger partial charge < -0.3 is 34.2 Å². The molecule has 0 saturated carbocycles. The van der Waals surface area contributed by atoms with Gasteiger partial charge in [0.15, 0.2) is 6.10 Å². The number of aliphatic hydroxyl groups excluding tert-OH is 2. The maximum atomic E-state index is 12.9. The number of rotatable bonds is 73. The Morgan fingerprint density at radius 3 is 0.929 bits per heavy atom. The first-order valence-electron chi connectivity index (χ1n) is 38.8. The SMILES string of the molecule is CC/C=C\C/C=C\C/C=C\C/C=C\C/C=C\C/C=C\CCC(=O)OCC(COP(=O)(O)OCC(O)COP(=O)(O)OCC(O)COC(=O)CCCCCCCCCCCCCCC/C=C\C/C=C\C/C=C\C/C=C\CCCCC)OC(=O)CCCCCCCCCCCCCCCCC. The minimum Gasteiger partial charge on any atom is -0.463 e. The van der Waals surface area contributed by atoms with Gasteiger partial charge in [0.05, 0.1) is 26.4 Å². The Kier molecular flexibility index (Phi) is 70.7. The van der Waals surface area contributed by atoms with Crippen LogP contribution >= 0.6 is 15.6 Å². The molecule has 0 rings (SSSR count). The average molecular weight is 1430 g/mol. The Bertz CT molecular complexity index is 2290. The van der Waals surface area contributed by atoms with Crippen molar-refractivity contribution >= 4 is 33.6 Å². The monoisotopic (exact) mass is 1430 g/mol. The number of unbranched alkanes of at least 4 members (excludes halogenated alkanes) is 30. The van der Waals surface area contributed by atoms with E-state index in [2.05, 4.69) is 124 Å². The van der Waals surface area contributed by atoms with Gasteiger partial charge in [0.1, 0.15) is 25.4 Å². The molecule has 0 heterocycles. The van der Waals surface area contributed by atoms with E-state index in [4.69, 9.17) is 32.3 Å². The third-order valence-corrected chi connectivity index (χ3v) is 18.1. The fourth-order valence-electron chi connectivity index (χ4n) is 10.3. The van der Waals surface area contributed by atoms with Crippen LogP contribution in [0.3, 0.4) is 0 Å². The molecular formula is C81H140O16P2. The zero-order valence-electron chi connectivity index (χ0n) is 62.1. The summed E-state index contributed by atoms with van der Waals surface area (Å²) in [5.74, 6) is -1.67. The summed E-state index contributed by atoms with van der Waals surface area (Å²) in [6, 6.07) is 0. The highest BCUT2D eigenvalue weighted by Gasteiger charge is 2.29. The van der Waals surface area contributed by atoms with Crippen LogP contribution in [0.2, 0.25) is 0 Å². The van der Waals surface area contributed by atoms with Crippen molar-refractivity contribution in [2.75, 3.05) is 39.6 Å². The fourth-order valence-corrected chi connectivity index (χ4v) is 11.9. The van der Waals surface area contributed by atoms with E-state index in [0.717, 1.165) is 103 Å². The van der Waals surface area contributed by atoms with Crippen molar-refractivity contribution < 1.29 is 75.8 Å². The highest BCUT2D eigenvalue weighted by molar-refractivity contribution is 7.47. The summed E-state index contributed by atoms with van der Waals surface area (Å²) in [6.45, 7) is 2.47. The molecule has 0 aliphatic heterocycles. The van der Waals surface area contributed by atoms with Gasteiger partial charge in [-0.2, -0.15) is 0 Å². The van der Waals surface area contributed by atoms with Crippen LogP contribution < -0.4 is 0 Å². The van der Waals surface area contributed by atoms with Crippen LogP contribution in [0.5, 0.6) is 0 Å². The Morgan fingerprint density at radius 2 is 0.556 bits per heavy atom. The van der Waals surface area contributed by atoms with E-state index in [1.165, 1.54) is 148 Å². The molecule has 5 unspecified atom stereocenters. The number of ether oxygens (including phenoxy) is 3. The van der Waals surface area contributed by atoms with Crippen LogP contribution in [-0.2, 0) is 55.8 Å². The summed E-state index contributed by atoms with van der Waals surface area (Å²) in [5.41, 5.74) is 0. The van der Waals surface area contributed by atoms with Crippen molar-refractivity contribution in [1.29, 1.82) is 0 Å². The van der Waals surface area contributed by atoms with E-state index in [1.807, 2.05) is 18.2 Å². The number of allylic oxidation sites excluding steroid dienone is 20. The minimum atomic E-state index is -4.94. The molecule has 0 aromatic rings. The van der Waals surface area contributed by atoms with Crippen molar-refractivity contribution in [3.63, 3.8) is 0 Å². The summed E-state index contributed by atoms with van der Waals surface area (Å²) >= 11 is 0. The zero-order valence-corrected chi connectivity index (χ0v) is 63.9. The number of phosphoric acid groups is 2. The predicted octanol–water partition coefficient (Wildman–Crippen LogP) is 22.5. The van der Waals surface area contributed by atoms with Crippen LogP contribution in [0.4, 0.5) is 0 Å². The number of phosphoric ester groups is 2. The van der Waals surface area contributed by atoms with E-state index < -0.39 is 91.5 Å².